The van der Waals surface area contributed by atoms with Crippen LogP contribution in [-0.4, -0.2) is 27.1 Å². The number of rotatable bonds is 6. The maximum Gasteiger partial charge on any atom is 0.335 e. The second-order valence-electron chi connectivity index (χ2n) is 5.17. The van der Waals surface area contributed by atoms with Crippen LogP contribution >= 0.6 is 23.2 Å². The van der Waals surface area contributed by atoms with E-state index in [4.69, 9.17) is 28.3 Å². The summed E-state index contributed by atoms with van der Waals surface area (Å²) in [4.78, 5) is 33.3. The Labute approximate surface area is 151 Å². The number of aromatic carboxylic acids is 1. The molecule has 0 aliphatic carbocycles. The van der Waals surface area contributed by atoms with Gasteiger partial charge in [0.25, 0.3) is 5.69 Å². The molecule has 0 amide bonds. The maximum atomic E-state index is 11.7. The van der Waals surface area contributed by atoms with Gasteiger partial charge in [0.05, 0.1) is 16.4 Å². The molecule has 0 saturated carbocycles. The lowest BCUT2D eigenvalue weighted by Crippen LogP contribution is -2.16. The van der Waals surface area contributed by atoms with E-state index in [9.17, 15) is 24.8 Å². The van der Waals surface area contributed by atoms with Crippen LogP contribution in [0.3, 0.4) is 0 Å². The zero-order valence-electron chi connectivity index (χ0n) is 12.5. The normalized spacial score (nSPS) is 11.8. The van der Waals surface area contributed by atoms with Crippen molar-refractivity contribution in [3.63, 3.8) is 0 Å². The zero-order valence-corrected chi connectivity index (χ0v) is 14.0. The molecule has 0 aliphatic heterocycles. The van der Waals surface area contributed by atoms with Gasteiger partial charge in [-0.05, 0) is 42.3 Å². The van der Waals surface area contributed by atoms with Crippen LogP contribution in [0.2, 0.25) is 10.0 Å². The number of nitro groups is 1. The molecular weight excluding hydrogens is 373 g/mol. The molecule has 9 heteroatoms. The highest BCUT2D eigenvalue weighted by Gasteiger charge is 2.27. The zero-order chi connectivity index (χ0) is 18.7. The molecule has 0 fully saturated rings. The Morgan fingerprint density at radius 3 is 2.36 bits per heavy atom. The van der Waals surface area contributed by atoms with Crippen LogP contribution in [0.4, 0.5) is 5.69 Å². The molecule has 25 heavy (non-hydrogen) atoms. The molecule has 0 spiro atoms. The first-order chi connectivity index (χ1) is 11.7. The first kappa shape index (κ1) is 18.7. The smallest absolute Gasteiger partial charge is 0.335 e. The minimum atomic E-state index is -1.29. The summed E-state index contributed by atoms with van der Waals surface area (Å²) in [6, 6.07) is 7.50. The number of hydrogen-bond donors (Lipinski definition) is 2. The third-order valence-electron chi connectivity index (χ3n) is 3.58. The van der Waals surface area contributed by atoms with Crippen molar-refractivity contribution in [3.8, 4) is 0 Å². The van der Waals surface area contributed by atoms with E-state index in [1.54, 1.807) is 0 Å². The summed E-state index contributed by atoms with van der Waals surface area (Å²) in [6.45, 7) is 0. The lowest BCUT2D eigenvalue weighted by Gasteiger charge is -2.15. The van der Waals surface area contributed by atoms with Crippen molar-refractivity contribution in [3.05, 3.63) is 73.2 Å². The Morgan fingerprint density at radius 2 is 1.80 bits per heavy atom. The van der Waals surface area contributed by atoms with Crippen molar-refractivity contribution in [1.82, 2.24) is 0 Å². The number of carboxylic acid groups (broad SMARTS) is 2. The molecule has 1 atom stereocenters. The summed E-state index contributed by atoms with van der Waals surface area (Å²) in [5.41, 5.74) is -0.238. The number of benzene rings is 2. The lowest BCUT2D eigenvalue weighted by molar-refractivity contribution is -0.385. The summed E-state index contributed by atoms with van der Waals surface area (Å²) in [7, 11) is 0. The predicted molar refractivity (Wildman–Crippen MR) is 90.6 cm³/mol. The van der Waals surface area contributed by atoms with Crippen molar-refractivity contribution in [2.45, 2.75) is 12.3 Å². The third-order valence-corrected chi connectivity index (χ3v) is 4.16. The van der Waals surface area contributed by atoms with Crippen LogP contribution in [0.25, 0.3) is 0 Å². The number of nitrogens with zero attached hydrogens (tertiary/aromatic N) is 1. The molecule has 2 N–H and O–H groups in total. The molecule has 130 valence electrons. The van der Waals surface area contributed by atoms with Crippen molar-refractivity contribution in [1.29, 1.82) is 0 Å². The van der Waals surface area contributed by atoms with Gasteiger partial charge in [0.1, 0.15) is 0 Å². The van der Waals surface area contributed by atoms with Gasteiger partial charge in [0.15, 0.2) is 0 Å². The average molecular weight is 384 g/mol. The molecule has 0 heterocycles. The number of nitro benzene ring substituents is 1. The standard InChI is InChI=1S/C16H11Cl2NO6/c17-10-2-4-14(19(24)25)9(5-10)7-12(16(22)23)11-6-8(15(20)21)1-3-13(11)18/h1-6,12H,7H2,(H,20,21)(H,22,23). The van der Waals surface area contributed by atoms with Crippen LogP contribution < -0.4 is 0 Å². The molecule has 0 aromatic heterocycles. The Bertz CT molecular complexity index is 868. The Balaban J connectivity index is 2.53. The van der Waals surface area contributed by atoms with Crippen molar-refractivity contribution in [2.24, 2.45) is 0 Å². The summed E-state index contributed by atoms with van der Waals surface area (Å²) in [6.07, 6.45) is -0.269. The van der Waals surface area contributed by atoms with E-state index in [1.165, 1.54) is 30.3 Å². The topological polar surface area (TPSA) is 118 Å². The fourth-order valence-electron chi connectivity index (χ4n) is 2.39. The fourth-order valence-corrected chi connectivity index (χ4v) is 2.83. The van der Waals surface area contributed by atoms with Gasteiger partial charge in [0, 0.05) is 21.7 Å². The minimum absolute atomic E-state index is 0.0575. The van der Waals surface area contributed by atoms with E-state index in [0.717, 1.165) is 6.07 Å². The molecule has 2 rings (SSSR count). The maximum absolute atomic E-state index is 11.7. The molecule has 0 bridgehead atoms. The molecule has 2 aromatic rings. The number of carboxylic acids is 2. The predicted octanol–water partition coefficient (Wildman–Crippen LogP) is 4.01. The quantitative estimate of drug-likeness (QED) is 0.574. The van der Waals surface area contributed by atoms with E-state index in [1.807, 2.05) is 0 Å². The molecule has 0 aliphatic rings. The highest BCUT2D eigenvalue weighted by Crippen LogP contribution is 2.33. The van der Waals surface area contributed by atoms with Crippen molar-refractivity contribution in [2.75, 3.05) is 0 Å². The number of aliphatic carboxylic acids is 1. The highest BCUT2D eigenvalue weighted by atomic mass is 35.5. The summed E-state index contributed by atoms with van der Waals surface area (Å²) >= 11 is 11.9. The first-order valence-electron chi connectivity index (χ1n) is 6.89. The molecule has 7 nitrogen and oxygen atoms in total. The molecule has 2 aromatic carbocycles. The molecule has 0 saturated heterocycles. The second kappa shape index (κ2) is 7.50. The van der Waals surface area contributed by atoms with E-state index in [2.05, 4.69) is 0 Å². The average Bonchev–Trinajstić information content (AvgIpc) is 2.52. The van der Waals surface area contributed by atoms with Crippen molar-refractivity contribution >= 4 is 40.8 Å². The summed E-state index contributed by atoms with van der Waals surface area (Å²) in [5, 5.41) is 30.0. The molecule has 1 unspecified atom stereocenters. The fraction of sp³-hybridized carbons (Fsp3) is 0.125. The Morgan fingerprint density at radius 1 is 1.12 bits per heavy atom. The first-order valence-corrected chi connectivity index (χ1v) is 7.64. The number of halogens is 2. The molecule has 0 radical (unpaired) electrons. The SMILES string of the molecule is O=C(O)c1ccc(Cl)c(C(Cc2cc(Cl)ccc2[N+](=O)[O-])C(=O)O)c1. The molecular formula is C16H11Cl2NO6. The monoisotopic (exact) mass is 383 g/mol. The van der Waals surface area contributed by atoms with E-state index in [0.29, 0.717) is 0 Å². The third kappa shape index (κ3) is 4.26. The Hall–Kier alpha value is -2.64. The summed E-state index contributed by atoms with van der Waals surface area (Å²) in [5.74, 6) is -3.81. The van der Waals surface area contributed by atoms with Crippen LogP contribution in [-0.2, 0) is 11.2 Å². The van der Waals surface area contributed by atoms with Gasteiger partial charge in [-0.15, -0.1) is 0 Å². The largest absolute Gasteiger partial charge is 0.481 e. The summed E-state index contributed by atoms with van der Waals surface area (Å²) < 4.78 is 0. The number of hydrogen-bond acceptors (Lipinski definition) is 4. The van der Waals surface area contributed by atoms with Crippen molar-refractivity contribution < 1.29 is 24.7 Å². The highest BCUT2D eigenvalue weighted by molar-refractivity contribution is 6.32. The van der Waals surface area contributed by atoms with Crippen LogP contribution in [0.15, 0.2) is 36.4 Å². The van der Waals surface area contributed by atoms with E-state index in [-0.39, 0.29) is 38.8 Å². The van der Waals surface area contributed by atoms with Crippen LogP contribution in [0.5, 0.6) is 0 Å². The van der Waals surface area contributed by atoms with Crippen LogP contribution in [0.1, 0.15) is 27.4 Å². The minimum Gasteiger partial charge on any atom is -0.481 e. The van der Waals surface area contributed by atoms with Gasteiger partial charge in [-0.3, -0.25) is 14.9 Å². The van der Waals surface area contributed by atoms with E-state index < -0.39 is 22.8 Å². The number of carbonyl (C=O) groups is 2. The van der Waals surface area contributed by atoms with Crippen LogP contribution in [0, 0.1) is 10.1 Å². The lowest BCUT2D eigenvalue weighted by atomic mass is 9.90. The van der Waals surface area contributed by atoms with Gasteiger partial charge in [0.2, 0.25) is 0 Å². The van der Waals surface area contributed by atoms with Gasteiger partial charge in [-0.1, -0.05) is 23.2 Å². The van der Waals surface area contributed by atoms with Gasteiger partial charge >= 0.3 is 11.9 Å². The second-order valence-corrected chi connectivity index (χ2v) is 6.01. The van der Waals surface area contributed by atoms with Gasteiger partial charge < -0.3 is 10.2 Å². The Kier molecular flexibility index (Phi) is 5.61. The van der Waals surface area contributed by atoms with E-state index >= 15 is 0 Å². The van der Waals surface area contributed by atoms with Gasteiger partial charge in [-0.2, -0.15) is 0 Å². The van der Waals surface area contributed by atoms with Gasteiger partial charge in [-0.25, -0.2) is 4.79 Å².